The standard InChI is InChI=1S/C23H18N4O7/c28-22-19-14-6-7-15(10-14)20(19)23(29)25(22)24-11-16-2-1-3-18(27(32)33)21(16)34-12-13-4-8-17(9-5-13)26(30)31/h1-9,11,14-15,19-20H,10,12H2/t14-,15-,19-,20+/m0/s1. The number of rotatable bonds is 7. The van der Waals surface area contributed by atoms with Crippen molar-refractivity contribution in [3.8, 4) is 5.75 Å². The first-order valence-corrected chi connectivity index (χ1v) is 10.6. The minimum Gasteiger partial charge on any atom is -0.481 e. The van der Waals surface area contributed by atoms with Crippen LogP contribution >= 0.6 is 0 Å². The molecule has 0 radical (unpaired) electrons. The smallest absolute Gasteiger partial charge is 0.311 e. The number of hydrogen-bond acceptors (Lipinski definition) is 8. The molecule has 2 aromatic rings. The highest BCUT2D eigenvalue weighted by Gasteiger charge is 2.59. The van der Waals surface area contributed by atoms with Crippen molar-refractivity contribution < 1.29 is 24.2 Å². The first kappa shape index (κ1) is 21.4. The van der Waals surface area contributed by atoms with Gasteiger partial charge in [-0.05, 0) is 42.0 Å². The Bertz CT molecular complexity index is 1240. The van der Waals surface area contributed by atoms with Crippen molar-refractivity contribution in [2.24, 2.45) is 28.8 Å². The largest absolute Gasteiger partial charge is 0.481 e. The quantitative estimate of drug-likeness (QED) is 0.202. The third-order valence-electron chi connectivity index (χ3n) is 6.51. The molecule has 3 aliphatic rings. The molecule has 0 unspecified atom stereocenters. The molecular weight excluding hydrogens is 444 g/mol. The molecule has 2 amide bonds. The fourth-order valence-corrected chi connectivity index (χ4v) is 4.93. The van der Waals surface area contributed by atoms with Gasteiger partial charge < -0.3 is 4.74 Å². The molecule has 5 rings (SSSR count). The van der Waals surface area contributed by atoms with Crippen LogP contribution in [-0.2, 0) is 16.2 Å². The second kappa shape index (κ2) is 8.18. The molecule has 0 aromatic heterocycles. The number of non-ortho nitro benzene ring substituents is 1. The predicted octanol–water partition coefficient (Wildman–Crippen LogP) is 3.22. The van der Waals surface area contributed by atoms with Crippen molar-refractivity contribution in [2.45, 2.75) is 13.0 Å². The molecule has 0 spiro atoms. The summed E-state index contributed by atoms with van der Waals surface area (Å²) in [6.07, 6.45) is 5.98. The number of carbonyl (C=O) groups excluding carboxylic acids is 2. The molecule has 34 heavy (non-hydrogen) atoms. The number of benzene rings is 2. The summed E-state index contributed by atoms with van der Waals surface area (Å²) >= 11 is 0. The minimum absolute atomic E-state index is 0.0463. The second-order valence-electron chi connectivity index (χ2n) is 8.40. The molecule has 2 fully saturated rings. The number of allylic oxidation sites excluding steroid dienone is 2. The number of nitro benzene ring substituents is 2. The number of carbonyl (C=O) groups is 2. The Kier molecular flexibility index (Phi) is 5.16. The van der Waals surface area contributed by atoms with Crippen LogP contribution in [0, 0.1) is 43.9 Å². The zero-order valence-electron chi connectivity index (χ0n) is 17.6. The molecular formula is C23H18N4O7. The van der Waals surface area contributed by atoms with E-state index in [1.165, 1.54) is 48.7 Å². The number of fused-ring (bicyclic) bond motifs is 5. The van der Waals surface area contributed by atoms with E-state index >= 15 is 0 Å². The van der Waals surface area contributed by atoms with Gasteiger partial charge in [-0.2, -0.15) is 10.1 Å². The van der Waals surface area contributed by atoms with Gasteiger partial charge in [0.25, 0.3) is 17.5 Å². The molecule has 0 N–H and O–H groups in total. The van der Waals surface area contributed by atoms with Crippen molar-refractivity contribution in [2.75, 3.05) is 0 Å². The normalized spacial score (nSPS) is 24.8. The summed E-state index contributed by atoms with van der Waals surface area (Å²) in [5.41, 5.74) is 0.377. The van der Waals surface area contributed by atoms with Gasteiger partial charge in [0, 0.05) is 23.8 Å². The summed E-state index contributed by atoms with van der Waals surface area (Å²) in [5, 5.41) is 27.3. The Morgan fingerprint density at radius 1 is 0.971 bits per heavy atom. The van der Waals surface area contributed by atoms with Gasteiger partial charge in [0.2, 0.25) is 5.75 Å². The third-order valence-corrected chi connectivity index (χ3v) is 6.51. The SMILES string of the molecule is O=C1[C@@H]2[C@H](C(=O)N1N=Cc1cccc([N+](=O)[O-])c1OCc1ccc([N+](=O)[O-])cc1)[C@H]1C=C[C@H]2C1. The average molecular weight is 462 g/mol. The molecule has 11 heteroatoms. The number of amides is 2. The lowest BCUT2D eigenvalue weighted by Crippen LogP contribution is -2.28. The van der Waals surface area contributed by atoms with Crippen LogP contribution in [0.4, 0.5) is 11.4 Å². The molecule has 1 aliphatic heterocycles. The van der Waals surface area contributed by atoms with Crippen LogP contribution in [-0.4, -0.2) is 32.9 Å². The molecule has 11 nitrogen and oxygen atoms in total. The summed E-state index contributed by atoms with van der Waals surface area (Å²) in [5.74, 6) is -1.51. The minimum atomic E-state index is -0.609. The molecule has 2 aliphatic carbocycles. The van der Waals surface area contributed by atoms with Crippen LogP contribution in [0.25, 0.3) is 0 Å². The van der Waals surface area contributed by atoms with Gasteiger partial charge in [-0.3, -0.25) is 29.8 Å². The lowest BCUT2D eigenvalue weighted by Gasteiger charge is -2.13. The van der Waals surface area contributed by atoms with Gasteiger partial charge in [0.05, 0.1) is 27.9 Å². The van der Waals surface area contributed by atoms with E-state index < -0.39 is 21.7 Å². The van der Waals surface area contributed by atoms with Crippen molar-refractivity contribution in [3.05, 3.63) is 86.0 Å². The van der Waals surface area contributed by atoms with E-state index in [-0.39, 0.29) is 52.9 Å². The van der Waals surface area contributed by atoms with E-state index in [9.17, 15) is 29.8 Å². The van der Waals surface area contributed by atoms with Crippen LogP contribution in [0.15, 0.2) is 59.7 Å². The highest BCUT2D eigenvalue weighted by molar-refractivity contribution is 6.07. The fraction of sp³-hybridized carbons (Fsp3) is 0.261. The summed E-state index contributed by atoms with van der Waals surface area (Å²) in [4.78, 5) is 46.9. The highest BCUT2D eigenvalue weighted by atomic mass is 16.6. The van der Waals surface area contributed by atoms with Gasteiger partial charge in [0.15, 0.2) is 0 Å². The van der Waals surface area contributed by atoms with Gasteiger partial charge in [-0.15, -0.1) is 0 Å². The lowest BCUT2D eigenvalue weighted by molar-refractivity contribution is -0.386. The van der Waals surface area contributed by atoms with Crippen molar-refractivity contribution in [1.82, 2.24) is 5.01 Å². The summed E-state index contributed by atoms with van der Waals surface area (Å²) < 4.78 is 5.70. The van der Waals surface area contributed by atoms with Crippen LogP contribution in [0.2, 0.25) is 0 Å². The second-order valence-corrected chi connectivity index (χ2v) is 8.40. The maximum absolute atomic E-state index is 12.8. The van der Waals surface area contributed by atoms with Crippen molar-refractivity contribution in [3.63, 3.8) is 0 Å². The Labute approximate surface area is 192 Å². The molecule has 2 bridgehead atoms. The van der Waals surface area contributed by atoms with Crippen LogP contribution in [0.3, 0.4) is 0 Å². The maximum atomic E-state index is 12.8. The zero-order chi connectivity index (χ0) is 24.0. The number of hydrogen-bond donors (Lipinski definition) is 0. The molecule has 2 aromatic carbocycles. The van der Waals surface area contributed by atoms with Crippen molar-refractivity contribution >= 4 is 29.4 Å². The van der Waals surface area contributed by atoms with E-state index in [2.05, 4.69) is 5.10 Å². The Balaban J connectivity index is 1.39. The number of para-hydroxylation sites is 1. The predicted molar refractivity (Wildman–Crippen MR) is 118 cm³/mol. The Morgan fingerprint density at radius 3 is 2.21 bits per heavy atom. The molecule has 1 heterocycles. The number of nitro groups is 2. The highest BCUT2D eigenvalue weighted by Crippen LogP contribution is 2.52. The summed E-state index contributed by atoms with van der Waals surface area (Å²) in [7, 11) is 0. The fourth-order valence-electron chi connectivity index (χ4n) is 4.93. The zero-order valence-corrected chi connectivity index (χ0v) is 17.6. The van der Waals surface area contributed by atoms with E-state index in [0.29, 0.717) is 5.56 Å². The number of nitrogens with zero attached hydrogens (tertiary/aromatic N) is 4. The van der Waals surface area contributed by atoms with Gasteiger partial charge in [-0.1, -0.05) is 18.2 Å². The first-order valence-electron chi connectivity index (χ1n) is 10.6. The number of hydrazone groups is 1. The van der Waals surface area contributed by atoms with E-state index in [1.54, 1.807) is 0 Å². The third kappa shape index (κ3) is 3.51. The molecule has 172 valence electrons. The van der Waals surface area contributed by atoms with Gasteiger partial charge >= 0.3 is 5.69 Å². The van der Waals surface area contributed by atoms with E-state index in [1.807, 2.05) is 12.2 Å². The van der Waals surface area contributed by atoms with Crippen LogP contribution in [0.5, 0.6) is 5.75 Å². The van der Waals surface area contributed by atoms with Crippen LogP contribution < -0.4 is 4.74 Å². The Morgan fingerprint density at radius 2 is 1.62 bits per heavy atom. The Hall–Kier alpha value is -4.41. The molecule has 1 saturated carbocycles. The maximum Gasteiger partial charge on any atom is 0.311 e. The molecule has 4 atom stereocenters. The van der Waals surface area contributed by atoms with Gasteiger partial charge in [-0.25, -0.2) is 0 Å². The number of ether oxygens (including phenoxy) is 1. The van der Waals surface area contributed by atoms with E-state index in [0.717, 1.165) is 11.4 Å². The number of imide groups is 1. The summed E-state index contributed by atoms with van der Waals surface area (Å²) in [6.45, 7) is -0.0928. The monoisotopic (exact) mass is 462 g/mol. The average Bonchev–Trinajstić information content (AvgIpc) is 3.51. The van der Waals surface area contributed by atoms with Crippen LogP contribution in [0.1, 0.15) is 17.5 Å². The van der Waals surface area contributed by atoms with E-state index in [4.69, 9.17) is 4.74 Å². The summed E-state index contributed by atoms with van der Waals surface area (Å²) in [6, 6.07) is 9.84. The van der Waals surface area contributed by atoms with Crippen molar-refractivity contribution in [1.29, 1.82) is 0 Å². The topological polar surface area (TPSA) is 145 Å². The molecule has 1 saturated heterocycles. The first-order chi connectivity index (χ1) is 16.3. The van der Waals surface area contributed by atoms with Gasteiger partial charge in [0.1, 0.15) is 6.61 Å². The lowest BCUT2D eigenvalue weighted by atomic mass is 9.85.